The molecule has 0 bridgehead atoms. The van der Waals surface area contributed by atoms with Crippen LogP contribution >= 0.6 is 0 Å². The highest BCUT2D eigenvalue weighted by Gasteiger charge is 2.54. The minimum absolute atomic E-state index is 0.0395. The van der Waals surface area contributed by atoms with Crippen molar-refractivity contribution in [2.45, 2.75) is 129 Å². The fraction of sp³-hybridized carbons (Fsp3) is 0.689. The molecule has 2 aromatic heterocycles. The van der Waals surface area contributed by atoms with Crippen molar-refractivity contribution in [1.29, 1.82) is 0 Å². The Bertz CT molecular complexity index is 2090. The summed E-state index contributed by atoms with van der Waals surface area (Å²) in [7, 11) is 4.02. The molecule has 23 heteroatoms. The van der Waals surface area contributed by atoms with Crippen LogP contribution in [0.1, 0.15) is 100 Å². The molecule has 2 aliphatic heterocycles. The van der Waals surface area contributed by atoms with Gasteiger partial charge in [0.15, 0.2) is 28.6 Å². The number of hydrogen-bond donors (Lipinski definition) is 6. The van der Waals surface area contributed by atoms with Gasteiger partial charge < -0.3 is 64.6 Å². The van der Waals surface area contributed by atoms with E-state index in [1.807, 2.05) is 27.7 Å². The van der Waals surface area contributed by atoms with Crippen LogP contribution in [0.25, 0.3) is 0 Å². The first-order chi connectivity index (χ1) is 32.1. The lowest BCUT2D eigenvalue weighted by atomic mass is 9.88. The molecular formula is C45H68N8O15. The molecule has 68 heavy (non-hydrogen) atoms. The fourth-order valence-corrected chi connectivity index (χ4v) is 7.28. The van der Waals surface area contributed by atoms with Gasteiger partial charge in [0.2, 0.25) is 23.6 Å². The van der Waals surface area contributed by atoms with Gasteiger partial charge in [-0.05, 0) is 50.9 Å². The van der Waals surface area contributed by atoms with E-state index in [4.69, 9.17) is 32.7 Å². The maximum atomic E-state index is 14.2. The number of carbonyl (C=O) groups is 8. The zero-order valence-electron chi connectivity index (χ0n) is 40.7. The number of nitrogens with zero attached hydrogens (tertiary/aromatic N) is 2. The van der Waals surface area contributed by atoms with E-state index in [1.165, 1.54) is 33.5 Å². The highest BCUT2D eigenvalue weighted by Crippen LogP contribution is 2.36. The Morgan fingerprint density at radius 3 is 1.49 bits per heavy atom. The number of epoxide rings is 2. The number of hydrogen-bond acceptors (Lipinski definition) is 17. The maximum absolute atomic E-state index is 14.2. The highest BCUT2D eigenvalue weighted by molar-refractivity contribution is 6.01. The van der Waals surface area contributed by atoms with E-state index in [9.17, 15) is 38.4 Å². The molecule has 2 saturated heterocycles. The number of carbonyl (C=O) groups excluding carboxylic acids is 8. The van der Waals surface area contributed by atoms with E-state index >= 15 is 0 Å². The Morgan fingerprint density at radius 2 is 1.04 bits per heavy atom. The minimum atomic E-state index is -1.30. The number of aryl methyl sites for hydroxylation is 2. The molecule has 2 aromatic rings. The standard InChI is InChI=1S/C45H68N8O15/c1-23(2)14-28(36(54)44(8)21-65-44)46-40(58)32(18-62-9)50-41(59)33(19-63-10)48-39(57)31-17-27(68-53-31)12-13-45(22-66-45)37(55)29(15-24(3)4)47-43(61)35(25(5)6)51-42(60)34(20-64-11)49-38(56)30-16-26(7)67-52-30/h16-17,23-25,28-29,32-35H,12-15,18-22H2,1-11H3,(H,46,58)(H,47,61)(H,48,57)(H,49,56)(H,50,59)(H,51,60)/t28?,29?,32?,33?,34?,35?,44-,45-/m1/s1. The van der Waals surface area contributed by atoms with Gasteiger partial charge in [-0.2, -0.15) is 0 Å². The zero-order valence-corrected chi connectivity index (χ0v) is 40.7. The molecule has 2 fully saturated rings. The van der Waals surface area contributed by atoms with Crippen molar-refractivity contribution in [1.82, 2.24) is 42.2 Å². The van der Waals surface area contributed by atoms with Gasteiger partial charge in [-0.3, -0.25) is 38.4 Å². The second kappa shape index (κ2) is 24.6. The molecule has 378 valence electrons. The van der Waals surface area contributed by atoms with Crippen LogP contribution in [0, 0.1) is 24.7 Å². The number of Topliss-reactive ketones (excluding diaryl/α,β-unsaturated/α-hetero) is 2. The lowest BCUT2D eigenvalue weighted by Crippen LogP contribution is -2.59. The van der Waals surface area contributed by atoms with Gasteiger partial charge in [-0.25, -0.2) is 0 Å². The van der Waals surface area contributed by atoms with E-state index in [2.05, 4.69) is 42.2 Å². The van der Waals surface area contributed by atoms with Crippen molar-refractivity contribution in [2.24, 2.45) is 17.8 Å². The van der Waals surface area contributed by atoms with Gasteiger partial charge >= 0.3 is 0 Å². The highest BCUT2D eigenvalue weighted by atomic mass is 16.6. The van der Waals surface area contributed by atoms with Gasteiger partial charge in [0, 0.05) is 39.9 Å². The third-order valence-corrected chi connectivity index (χ3v) is 11.3. The van der Waals surface area contributed by atoms with E-state index in [0.717, 1.165) is 0 Å². The normalized spacial score (nSPS) is 20.1. The van der Waals surface area contributed by atoms with Crippen LogP contribution in [0.5, 0.6) is 0 Å². The lowest BCUT2D eigenvalue weighted by molar-refractivity contribution is -0.135. The number of ether oxygens (including phenoxy) is 5. The van der Waals surface area contributed by atoms with E-state index < -0.39 is 88.8 Å². The maximum Gasteiger partial charge on any atom is 0.274 e. The molecule has 6 amide bonds. The second-order valence-electron chi connectivity index (χ2n) is 18.6. The summed E-state index contributed by atoms with van der Waals surface area (Å²) in [6.45, 7) is 13.9. The van der Waals surface area contributed by atoms with Crippen LogP contribution in [-0.4, -0.2) is 159 Å². The molecule has 6 N–H and O–H groups in total. The molecule has 0 saturated carbocycles. The number of rotatable bonds is 30. The summed E-state index contributed by atoms with van der Waals surface area (Å²) in [5, 5.41) is 23.4. The van der Waals surface area contributed by atoms with Crippen LogP contribution < -0.4 is 31.9 Å². The monoisotopic (exact) mass is 960 g/mol. The summed E-state index contributed by atoms with van der Waals surface area (Å²) in [6, 6.07) is -3.95. The SMILES string of the molecule is COCC(NC(=O)c1cc(CC[C@]2(C(=O)C(CC(C)C)NC(=O)C(NC(=O)C(COC)NC(=O)c3cc(C)on3)C(C)C)CO2)on1)C(=O)NC(COC)C(=O)NC(CC(C)C)C(=O)[C@@]1(C)CO1. The fourth-order valence-electron chi connectivity index (χ4n) is 7.28. The number of methoxy groups -OCH3 is 3. The van der Waals surface area contributed by atoms with Gasteiger partial charge in [0.1, 0.15) is 41.3 Å². The summed E-state index contributed by atoms with van der Waals surface area (Å²) in [5.41, 5.74) is -2.49. The van der Waals surface area contributed by atoms with Crippen LogP contribution in [0.2, 0.25) is 0 Å². The van der Waals surface area contributed by atoms with Gasteiger partial charge in [0.25, 0.3) is 11.8 Å². The molecule has 0 aliphatic carbocycles. The van der Waals surface area contributed by atoms with Crippen LogP contribution in [0.3, 0.4) is 0 Å². The van der Waals surface area contributed by atoms with Crippen molar-refractivity contribution in [3.05, 3.63) is 35.0 Å². The molecule has 2 aliphatic rings. The first-order valence-corrected chi connectivity index (χ1v) is 22.6. The predicted octanol–water partition coefficient (Wildman–Crippen LogP) is 0.123. The van der Waals surface area contributed by atoms with Gasteiger partial charge in [-0.1, -0.05) is 51.9 Å². The van der Waals surface area contributed by atoms with Gasteiger partial charge in [0.05, 0.1) is 45.1 Å². The summed E-state index contributed by atoms with van der Waals surface area (Å²) in [4.78, 5) is 108. The second-order valence-corrected chi connectivity index (χ2v) is 18.6. The third kappa shape index (κ3) is 15.5. The van der Waals surface area contributed by atoms with Crippen molar-refractivity contribution >= 4 is 47.0 Å². The first-order valence-electron chi connectivity index (χ1n) is 22.6. The summed E-state index contributed by atoms with van der Waals surface area (Å²) >= 11 is 0. The Hall–Kier alpha value is -5.62. The van der Waals surface area contributed by atoms with E-state index in [0.29, 0.717) is 12.2 Å². The van der Waals surface area contributed by atoms with Crippen LogP contribution in [0.15, 0.2) is 21.2 Å². The molecule has 23 nitrogen and oxygen atoms in total. The average Bonchev–Trinajstić information content (AvgIpc) is 4.12. The number of amides is 6. The van der Waals surface area contributed by atoms with Crippen molar-refractivity contribution in [3.8, 4) is 0 Å². The summed E-state index contributed by atoms with van der Waals surface area (Å²) < 4.78 is 37.0. The van der Waals surface area contributed by atoms with Crippen LogP contribution in [0.4, 0.5) is 0 Å². The molecule has 0 radical (unpaired) electrons. The number of nitrogens with one attached hydrogen (secondary N) is 6. The Balaban J connectivity index is 1.37. The van der Waals surface area contributed by atoms with Crippen LogP contribution in [-0.2, 0) is 58.9 Å². The predicted molar refractivity (Wildman–Crippen MR) is 239 cm³/mol. The van der Waals surface area contributed by atoms with Gasteiger partial charge in [-0.15, -0.1) is 0 Å². The largest absolute Gasteiger partial charge is 0.382 e. The molecule has 4 rings (SSSR count). The van der Waals surface area contributed by atoms with Crippen molar-refractivity contribution in [2.75, 3.05) is 54.4 Å². The van der Waals surface area contributed by atoms with Crippen molar-refractivity contribution in [3.63, 3.8) is 0 Å². The molecule has 0 aromatic carbocycles. The van der Waals surface area contributed by atoms with Crippen molar-refractivity contribution < 1.29 is 71.1 Å². The lowest BCUT2D eigenvalue weighted by Gasteiger charge is -2.28. The minimum Gasteiger partial charge on any atom is -0.382 e. The molecule has 0 spiro atoms. The third-order valence-electron chi connectivity index (χ3n) is 11.3. The Labute approximate surface area is 395 Å². The van der Waals surface area contributed by atoms with E-state index in [-0.39, 0.29) is 92.8 Å². The zero-order chi connectivity index (χ0) is 50.5. The Morgan fingerprint density at radius 1 is 0.603 bits per heavy atom. The topological polar surface area (TPSA) is 314 Å². The van der Waals surface area contributed by atoms with E-state index in [1.54, 1.807) is 27.7 Å². The number of aromatic nitrogens is 2. The summed E-state index contributed by atoms with van der Waals surface area (Å²) in [6.07, 6.45) is 0.798. The quantitative estimate of drug-likeness (QED) is 0.0567. The average molecular weight is 961 g/mol. The first kappa shape index (κ1) is 55.0. The molecule has 8 atom stereocenters. The Kier molecular flexibility index (Phi) is 19.9. The molecule has 4 heterocycles. The number of ketones is 2. The summed E-state index contributed by atoms with van der Waals surface area (Å²) in [5.74, 6) is -4.71. The molecular weight excluding hydrogens is 893 g/mol. The molecule has 6 unspecified atom stereocenters. The smallest absolute Gasteiger partial charge is 0.274 e.